The van der Waals surface area contributed by atoms with Crippen LogP contribution in [0.2, 0.25) is 0 Å². The molecule has 1 aromatic heterocycles. The first-order valence-electron chi connectivity index (χ1n) is 7.22. The van der Waals surface area contributed by atoms with E-state index in [9.17, 15) is 0 Å². The number of anilines is 1. The summed E-state index contributed by atoms with van der Waals surface area (Å²) in [6, 6.07) is 0. The SMILES string of the molecule is CCc1nc(N2CCSCC2)sc1CNCC(C)C. The molecule has 0 bridgehead atoms. The number of aryl methyl sites for hydroxylation is 1. The maximum atomic E-state index is 4.85. The van der Waals surface area contributed by atoms with Crippen LogP contribution in [-0.2, 0) is 13.0 Å². The van der Waals surface area contributed by atoms with Crippen LogP contribution in [0, 0.1) is 5.92 Å². The van der Waals surface area contributed by atoms with Crippen LogP contribution < -0.4 is 10.2 Å². The van der Waals surface area contributed by atoms with Crippen LogP contribution in [0.15, 0.2) is 0 Å². The molecule has 0 amide bonds. The van der Waals surface area contributed by atoms with Gasteiger partial charge >= 0.3 is 0 Å². The zero-order chi connectivity index (χ0) is 13.7. The number of hydrogen-bond donors (Lipinski definition) is 1. The minimum atomic E-state index is 0.705. The lowest BCUT2D eigenvalue weighted by atomic mass is 10.2. The highest BCUT2D eigenvalue weighted by atomic mass is 32.2. The monoisotopic (exact) mass is 299 g/mol. The summed E-state index contributed by atoms with van der Waals surface area (Å²) in [7, 11) is 0. The molecule has 0 unspecified atom stereocenters. The summed E-state index contributed by atoms with van der Waals surface area (Å²) in [5.74, 6) is 3.18. The molecule has 0 aromatic carbocycles. The summed E-state index contributed by atoms with van der Waals surface area (Å²) < 4.78 is 0. The van der Waals surface area contributed by atoms with E-state index in [1.807, 2.05) is 23.1 Å². The molecule has 0 saturated carbocycles. The molecule has 1 fully saturated rings. The lowest BCUT2D eigenvalue weighted by molar-refractivity contribution is 0.553. The van der Waals surface area contributed by atoms with Gasteiger partial charge in [-0.25, -0.2) is 4.98 Å². The van der Waals surface area contributed by atoms with E-state index < -0.39 is 0 Å². The average molecular weight is 300 g/mol. The second-order valence-corrected chi connectivity index (χ2v) is 7.63. The third kappa shape index (κ3) is 4.36. The van der Waals surface area contributed by atoms with Crippen molar-refractivity contribution in [3.05, 3.63) is 10.6 Å². The zero-order valence-corrected chi connectivity index (χ0v) is 13.9. The number of nitrogens with one attached hydrogen (secondary N) is 1. The molecule has 0 aliphatic carbocycles. The quantitative estimate of drug-likeness (QED) is 0.874. The zero-order valence-electron chi connectivity index (χ0n) is 12.2. The lowest BCUT2D eigenvalue weighted by Gasteiger charge is -2.25. The highest BCUT2D eigenvalue weighted by Crippen LogP contribution is 2.28. The van der Waals surface area contributed by atoms with Crippen molar-refractivity contribution >= 4 is 28.2 Å². The van der Waals surface area contributed by atoms with Gasteiger partial charge in [-0.2, -0.15) is 11.8 Å². The Bertz CT molecular complexity index is 384. The molecule has 1 N–H and O–H groups in total. The summed E-state index contributed by atoms with van der Waals surface area (Å²) in [5, 5.41) is 4.77. The first kappa shape index (κ1) is 15.1. The Labute approximate surface area is 125 Å². The predicted octanol–water partition coefficient (Wildman–Crippen LogP) is 3.00. The molecule has 1 aliphatic heterocycles. The van der Waals surface area contributed by atoms with E-state index in [1.165, 1.54) is 27.2 Å². The maximum Gasteiger partial charge on any atom is 0.185 e. The summed E-state index contributed by atoms with van der Waals surface area (Å²) in [6.45, 7) is 11.1. The Morgan fingerprint density at radius 3 is 2.68 bits per heavy atom. The summed E-state index contributed by atoms with van der Waals surface area (Å²) in [6.07, 6.45) is 1.04. The Morgan fingerprint density at radius 1 is 1.32 bits per heavy atom. The van der Waals surface area contributed by atoms with E-state index in [0.29, 0.717) is 5.92 Å². The van der Waals surface area contributed by atoms with Crippen LogP contribution in [0.25, 0.3) is 0 Å². The van der Waals surface area contributed by atoms with Gasteiger partial charge in [0, 0.05) is 36.0 Å². The van der Waals surface area contributed by atoms with Crippen molar-refractivity contribution in [1.82, 2.24) is 10.3 Å². The predicted molar refractivity (Wildman–Crippen MR) is 87.6 cm³/mol. The number of thioether (sulfide) groups is 1. The van der Waals surface area contributed by atoms with Gasteiger partial charge in [-0.05, 0) is 18.9 Å². The van der Waals surface area contributed by atoms with E-state index in [2.05, 4.69) is 31.0 Å². The van der Waals surface area contributed by atoms with Crippen LogP contribution in [0.4, 0.5) is 5.13 Å². The van der Waals surface area contributed by atoms with E-state index in [1.54, 1.807) is 0 Å². The second-order valence-electron chi connectivity index (χ2n) is 5.34. The fourth-order valence-corrected chi connectivity index (χ4v) is 4.22. The molecule has 3 nitrogen and oxygen atoms in total. The molecule has 19 heavy (non-hydrogen) atoms. The van der Waals surface area contributed by atoms with Gasteiger partial charge in [0.25, 0.3) is 0 Å². The molecule has 0 spiro atoms. The minimum absolute atomic E-state index is 0.705. The average Bonchev–Trinajstić information content (AvgIpc) is 2.83. The van der Waals surface area contributed by atoms with Crippen LogP contribution in [0.1, 0.15) is 31.3 Å². The third-order valence-electron chi connectivity index (χ3n) is 3.22. The van der Waals surface area contributed by atoms with Gasteiger partial charge in [0.2, 0.25) is 0 Å². The fraction of sp³-hybridized carbons (Fsp3) is 0.786. The van der Waals surface area contributed by atoms with Crippen LogP contribution in [-0.4, -0.2) is 36.1 Å². The molecule has 1 aromatic rings. The summed E-state index contributed by atoms with van der Waals surface area (Å²) >= 11 is 3.94. The Morgan fingerprint density at radius 2 is 2.05 bits per heavy atom. The molecule has 0 radical (unpaired) electrons. The molecular weight excluding hydrogens is 274 g/mol. The smallest absolute Gasteiger partial charge is 0.185 e. The van der Waals surface area contributed by atoms with Gasteiger partial charge in [0.1, 0.15) is 0 Å². The lowest BCUT2D eigenvalue weighted by Crippen LogP contribution is -2.32. The molecule has 108 valence electrons. The summed E-state index contributed by atoms with van der Waals surface area (Å²) in [5.41, 5.74) is 1.29. The van der Waals surface area contributed by atoms with E-state index in [4.69, 9.17) is 4.98 Å². The molecule has 0 atom stereocenters. The topological polar surface area (TPSA) is 28.2 Å². The van der Waals surface area contributed by atoms with E-state index in [-0.39, 0.29) is 0 Å². The van der Waals surface area contributed by atoms with Crippen molar-refractivity contribution in [2.75, 3.05) is 36.0 Å². The fourth-order valence-electron chi connectivity index (χ4n) is 2.15. The molecule has 1 aliphatic rings. The van der Waals surface area contributed by atoms with Crippen LogP contribution >= 0.6 is 23.1 Å². The van der Waals surface area contributed by atoms with Gasteiger partial charge < -0.3 is 10.2 Å². The van der Waals surface area contributed by atoms with Gasteiger partial charge in [-0.3, -0.25) is 0 Å². The van der Waals surface area contributed by atoms with Crippen molar-refractivity contribution in [3.63, 3.8) is 0 Å². The normalized spacial score (nSPS) is 16.3. The number of aromatic nitrogens is 1. The van der Waals surface area contributed by atoms with Crippen LogP contribution in [0.5, 0.6) is 0 Å². The van der Waals surface area contributed by atoms with Crippen molar-refractivity contribution in [2.45, 2.75) is 33.7 Å². The van der Waals surface area contributed by atoms with E-state index in [0.717, 1.165) is 32.6 Å². The van der Waals surface area contributed by atoms with Crippen molar-refractivity contribution in [3.8, 4) is 0 Å². The second kappa shape index (κ2) is 7.50. The van der Waals surface area contributed by atoms with Crippen molar-refractivity contribution in [1.29, 1.82) is 0 Å². The third-order valence-corrected chi connectivity index (χ3v) is 5.32. The van der Waals surface area contributed by atoms with Gasteiger partial charge in [0.05, 0.1) is 5.69 Å². The standard InChI is InChI=1S/C14H25N3S2/c1-4-12-13(10-15-9-11(2)3)19-14(16-12)17-5-7-18-8-6-17/h11,15H,4-10H2,1-3H3. The molecule has 1 saturated heterocycles. The summed E-state index contributed by atoms with van der Waals surface area (Å²) in [4.78, 5) is 8.72. The van der Waals surface area contributed by atoms with E-state index >= 15 is 0 Å². The number of nitrogens with zero attached hydrogens (tertiary/aromatic N) is 2. The maximum absolute atomic E-state index is 4.85. The van der Waals surface area contributed by atoms with Crippen LogP contribution in [0.3, 0.4) is 0 Å². The molecular formula is C14H25N3S2. The Hall–Kier alpha value is -0.260. The van der Waals surface area contributed by atoms with Gasteiger partial charge in [-0.1, -0.05) is 20.8 Å². The Kier molecular flexibility index (Phi) is 5.98. The number of rotatable bonds is 6. The van der Waals surface area contributed by atoms with Crippen molar-refractivity contribution < 1.29 is 0 Å². The number of hydrogen-bond acceptors (Lipinski definition) is 5. The first-order valence-corrected chi connectivity index (χ1v) is 9.19. The van der Waals surface area contributed by atoms with Gasteiger partial charge in [-0.15, -0.1) is 11.3 Å². The highest BCUT2D eigenvalue weighted by molar-refractivity contribution is 7.99. The molecule has 2 rings (SSSR count). The molecule has 5 heteroatoms. The van der Waals surface area contributed by atoms with Crippen molar-refractivity contribution in [2.24, 2.45) is 5.92 Å². The number of thiazole rings is 1. The highest BCUT2D eigenvalue weighted by Gasteiger charge is 2.17. The minimum Gasteiger partial charge on any atom is -0.346 e. The Balaban J connectivity index is 1.99. The molecule has 2 heterocycles. The van der Waals surface area contributed by atoms with Gasteiger partial charge in [0.15, 0.2) is 5.13 Å². The largest absolute Gasteiger partial charge is 0.346 e. The first-order chi connectivity index (χ1) is 9.20.